The number of carbonyl (C=O) groups excluding carboxylic acids is 2. The molecule has 0 saturated carbocycles. The lowest BCUT2D eigenvalue weighted by Gasteiger charge is -2.29. The van der Waals surface area contributed by atoms with Gasteiger partial charge in [0.15, 0.2) is 0 Å². The molecule has 0 aliphatic carbocycles. The van der Waals surface area contributed by atoms with Crippen molar-refractivity contribution in [1.29, 1.82) is 0 Å². The Bertz CT molecular complexity index is 1010. The second kappa shape index (κ2) is 10.7. The summed E-state index contributed by atoms with van der Waals surface area (Å²) in [5.41, 5.74) is 1.11. The molecule has 0 bridgehead atoms. The SMILES string of the molecule is CCOC(=O)CC(NC(=O)c1ccc(S(=O)(=O)N2CCC(C)CC2)cc1)c1ccccc1. The molecule has 32 heavy (non-hydrogen) atoms. The molecule has 172 valence electrons. The molecule has 0 spiro atoms. The molecule has 0 aromatic heterocycles. The lowest BCUT2D eigenvalue weighted by atomic mass is 10.0. The monoisotopic (exact) mass is 458 g/mol. The smallest absolute Gasteiger partial charge is 0.308 e. The van der Waals surface area contributed by atoms with Crippen LogP contribution in [0, 0.1) is 5.92 Å². The minimum Gasteiger partial charge on any atom is -0.466 e. The maximum absolute atomic E-state index is 12.9. The molecule has 1 heterocycles. The van der Waals surface area contributed by atoms with Crippen LogP contribution < -0.4 is 5.32 Å². The Balaban J connectivity index is 1.73. The van der Waals surface area contributed by atoms with Crippen LogP contribution in [0.2, 0.25) is 0 Å². The van der Waals surface area contributed by atoms with E-state index < -0.39 is 22.0 Å². The molecule has 0 radical (unpaired) electrons. The molecule has 1 atom stereocenters. The summed E-state index contributed by atoms with van der Waals surface area (Å²) in [6.07, 6.45) is 1.70. The fraction of sp³-hybridized carbons (Fsp3) is 0.417. The van der Waals surface area contributed by atoms with Crippen molar-refractivity contribution in [2.45, 2.75) is 44.0 Å². The summed E-state index contributed by atoms with van der Waals surface area (Å²) in [7, 11) is -3.58. The van der Waals surface area contributed by atoms with Crippen molar-refractivity contribution in [3.8, 4) is 0 Å². The first-order valence-electron chi connectivity index (χ1n) is 10.9. The van der Waals surface area contributed by atoms with E-state index in [0.717, 1.165) is 18.4 Å². The van der Waals surface area contributed by atoms with Crippen LogP contribution in [0.4, 0.5) is 0 Å². The summed E-state index contributed by atoms with van der Waals surface area (Å²) in [5, 5.41) is 2.87. The molecule has 1 N–H and O–H groups in total. The molecule has 8 heteroatoms. The Labute approximate surface area is 189 Å². The zero-order valence-electron chi connectivity index (χ0n) is 18.5. The maximum Gasteiger partial charge on any atom is 0.308 e. The van der Waals surface area contributed by atoms with Crippen LogP contribution in [0.1, 0.15) is 55.1 Å². The summed E-state index contributed by atoms with van der Waals surface area (Å²) < 4.78 is 32.3. The van der Waals surface area contributed by atoms with Gasteiger partial charge in [0.25, 0.3) is 5.91 Å². The van der Waals surface area contributed by atoms with Gasteiger partial charge in [0.1, 0.15) is 0 Å². The molecule has 1 fully saturated rings. The van der Waals surface area contributed by atoms with E-state index in [4.69, 9.17) is 4.74 Å². The average Bonchev–Trinajstić information content (AvgIpc) is 2.79. The number of nitrogens with zero attached hydrogens (tertiary/aromatic N) is 1. The predicted octanol–water partition coefficient (Wildman–Crippen LogP) is 3.53. The first kappa shape index (κ1) is 23.9. The highest BCUT2D eigenvalue weighted by molar-refractivity contribution is 7.89. The van der Waals surface area contributed by atoms with Gasteiger partial charge in [-0.1, -0.05) is 37.3 Å². The second-order valence-corrected chi connectivity index (χ2v) is 9.99. The summed E-state index contributed by atoms with van der Waals surface area (Å²) in [5.74, 6) is -0.266. The summed E-state index contributed by atoms with van der Waals surface area (Å²) >= 11 is 0. The van der Waals surface area contributed by atoms with Crippen LogP contribution in [0.5, 0.6) is 0 Å². The average molecular weight is 459 g/mol. The number of carbonyl (C=O) groups is 2. The number of nitrogens with one attached hydrogen (secondary N) is 1. The third-order valence-electron chi connectivity index (χ3n) is 5.68. The van der Waals surface area contributed by atoms with E-state index in [-0.39, 0.29) is 23.8 Å². The lowest BCUT2D eigenvalue weighted by Crippen LogP contribution is -2.37. The van der Waals surface area contributed by atoms with E-state index in [9.17, 15) is 18.0 Å². The van der Waals surface area contributed by atoms with Gasteiger partial charge in [0, 0.05) is 18.7 Å². The number of benzene rings is 2. The highest BCUT2D eigenvalue weighted by Crippen LogP contribution is 2.24. The highest BCUT2D eigenvalue weighted by Gasteiger charge is 2.28. The van der Waals surface area contributed by atoms with Crippen molar-refractivity contribution >= 4 is 21.9 Å². The number of piperidine rings is 1. The minimum absolute atomic E-state index is 0.00341. The Hall–Kier alpha value is -2.71. The number of sulfonamides is 1. The predicted molar refractivity (Wildman–Crippen MR) is 121 cm³/mol. The number of ether oxygens (including phenoxy) is 1. The van der Waals surface area contributed by atoms with Crippen molar-refractivity contribution in [3.63, 3.8) is 0 Å². The second-order valence-electron chi connectivity index (χ2n) is 8.06. The van der Waals surface area contributed by atoms with Gasteiger partial charge in [0.2, 0.25) is 10.0 Å². The largest absolute Gasteiger partial charge is 0.466 e. The minimum atomic E-state index is -3.58. The Morgan fingerprint density at radius 3 is 2.28 bits per heavy atom. The van der Waals surface area contributed by atoms with Crippen LogP contribution in [-0.2, 0) is 19.6 Å². The van der Waals surface area contributed by atoms with Crippen molar-refractivity contribution in [1.82, 2.24) is 9.62 Å². The molecule has 1 unspecified atom stereocenters. The van der Waals surface area contributed by atoms with Crippen LogP contribution in [0.3, 0.4) is 0 Å². The number of esters is 1. The van der Waals surface area contributed by atoms with E-state index in [2.05, 4.69) is 12.2 Å². The van der Waals surface area contributed by atoms with E-state index in [1.165, 1.54) is 28.6 Å². The first-order chi connectivity index (χ1) is 15.3. The van der Waals surface area contributed by atoms with Crippen LogP contribution in [-0.4, -0.2) is 44.3 Å². The molecule has 2 aromatic rings. The van der Waals surface area contributed by atoms with Crippen molar-refractivity contribution < 1.29 is 22.7 Å². The fourth-order valence-corrected chi connectivity index (χ4v) is 5.19. The van der Waals surface area contributed by atoms with E-state index in [0.29, 0.717) is 24.6 Å². The lowest BCUT2D eigenvalue weighted by molar-refractivity contribution is -0.143. The zero-order chi connectivity index (χ0) is 23.1. The van der Waals surface area contributed by atoms with Gasteiger partial charge >= 0.3 is 5.97 Å². The van der Waals surface area contributed by atoms with Gasteiger partial charge in [0.05, 0.1) is 24.0 Å². The fourth-order valence-electron chi connectivity index (χ4n) is 3.72. The first-order valence-corrected chi connectivity index (χ1v) is 12.4. The number of hydrogen-bond acceptors (Lipinski definition) is 5. The molecule has 1 amide bonds. The van der Waals surface area contributed by atoms with Gasteiger partial charge in [-0.25, -0.2) is 8.42 Å². The molecule has 7 nitrogen and oxygen atoms in total. The molecule has 1 aliphatic heterocycles. The molecule has 1 saturated heterocycles. The topological polar surface area (TPSA) is 92.8 Å². The molecule has 2 aromatic carbocycles. The summed E-state index contributed by atoms with van der Waals surface area (Å²) in [4.78, 5) is 25.0. The molecule has 3 rings (SSSR count). The normalized spacial score (nSPS) is 16.3. The Morgan fingerprint density at radius 1 is 1.06 bits per heavy atom. The molecule has 1 aliphatic rings. The Kier molecular flexibility index (Phi) is 8.04. The molecular formula is C24H30N2O5S. The number of rotatable bonds is 8. The van der Waals surface area contributed by atoms with Gasteiger partial charge in [-0.3, -0.25) is 9.59 Å². The van der Waals surface area contributed by atoms with Crippen LogP contribution >= 0.6 is 0 Å². The molecular weight excluding hydrogens is 428 g/mol. The van der Waals surface area contributed by atoms with Gasteiger partial charge in [-0.05, 0) is 55.5 Å². The summed E-state index contributed by atoms with van der Waals surface area (Å²) in [6, 6.07) is 14.6. The van der Waals surface area contributed by atoms with Crippen molar-refractivity contribution in [3.05, 3.63) is 65.7 Å². The van der Waals surface area contributed by atoms with Crippen LogP contribution in [0.15, 0.2) is 59.5 Å². The van der Waals surface area contributed by atoms with Gasteiger partial charge < -0.3 is 10.1 Å². The van der Waals surface area contributed by atoms with Crippen molar-refractivity contribution in [2.24, 2.45) is 5.92 Å². The maximum atomic E-state index is 12.9. The quantitative estimate of drug-likeness (QED) is 0.611. The van der Waals surface area contributed by atoms with E-state index in [1.807, 2.05) is 30.3 Å². The van der Waals surface area contributed by atoms with Gasteiger partial charge in [-0.15, -0.1) is 0 Å². The van der Waals surface area contributed by atoms with E-state index in [1.54, 1.807) is 6.92 Å². The van der Waals surface area contributed by atoms with E-state index >= 15 is 0 Å². The standard InChI is InChI=1S/C24H30N2O5S/c1-3-31-23(27)17-22(19-7-5-4-6-8-19)25-24(28)20-9-11-21(12-10-20)32(29,30)26-15-13-18(2)14-16-26/h4-12,18,22H,3,13-17H2,1-2H3,(H,25,28). The van der Waals surface area contributed by atoms with Gasteiger partial charge in [-0.2, -0.15) is 4.31 Å². The van der Waals surface area contributed by atoms with Crippen molar-refractivity contribution in [2.75, 3.05) is 19.7 Å². The number of amides is 1. The Morgan fingerprint density at radius 2 is 1.69 bits per heavy atom. The number of hydrogen-bond donors (Lipinski definition) is 1. The third-order valence-corrected chi connectivity index (χ3v) is 7.59. The van der Waals surface area contributed by atoms with Crippen LogP contribution in [0.25, 0.3) is 0 Å². The zero-order valence-corrected chi connectivity index (χ0v) is 19.3. The third kappa shape index (κ3) is 5.95. The summed E-state index contributed by atoms with van der Waals surface area (Å²) in [6.45, 7) is 5.15. The highest BCUT2D eigenvalue weighted by atomic mass is 32.2.